The van der Waals surface area contributed by atoms with Crippen LogP contribution in [0.4, 0.5) is 0 Å². The Balaban J connectivity index is 1.61. The van der Waals surface area contributed by atoms with Gasteiger partial charge in [-0.05, 0) is 31.2 Å². The van der Waals surface area contributed by atoms with Crippen LogP contribution in [0.15, 0.2) is 57.9 Å². The van der Waals surface area contributed by atoms with Gasteiger partial charge in [-0.15, -0.1) is 11.3 Å². The first-order valence-corrected chi connectivity index (χ1v) is 11.3. The van der Waals surface area contributed by atoms with Crippen LogP contribution in [0.1, 0.15) is 16.1 Å². The summed E-state index contributed by atoms with van der Waals surface area (Å²) in [6.07, 6.45) is 0.646. The number of halogens is 1. The van der Waals surface area contributed by atoms with E-state index in [1.807, 2.05) is 0 Å². The van der Waals surface area contributed by atoms with E-state index in [2.05, 4.69) is 47.1 Å². The Morgan fingerprint density at radius 2 is 1.77 bits per heavy atom. The number of hydrogen-bond acceptors (Lipinski definition) is 4. The Kier molecular flexibility index (Phi) is 4.73. The summed E-state index contributed by atoms with van der Waals surface area (Å²) in [5.74, 6) is 0. The lowest BCUT2D eigenvalue weighted by Crippen LogP contribution is -2.35. The van der Waals surface area contributed by atoms with Crippen molar-refractivity contribution in [3.8, 4) is 10.6 Å². The van der Waals surface area contributed by atoms with Crippen molar-refractivity contribution < 1.29 is 8.42 Å². The predicted octanol–water partition coefficient (Wildman–Crippen LogP) is 4.63. The largest absolute Gasteiger partial charge is 0.243 e. The molecule has 4 nitrogen and oxygen atoms in total. The van der Waals surface area contributed by atoms with Crippen LogP contribution in [-0.2, 0) is 23.0 Å². The molecule has 4 rings (SSSR count). The van der Waals surface area contributed by atoms with E-state index in [0.717, 1.165) is 25.6 Å². The third kappa shape index (κ3) is 3.36. The molecule has 0 saturated heterocycles. The Bertz CT molecular complexity index is 1040. The molecule has 0 unspecified atom stereocenters. The molecule has 2 heterocycles. The van der Waals surface area contributed by atoms with Crippen molar-refractivity contribution >= 4 is 37.3 Å². The lowest BCUT2D eigenvalue weighted by atomic mass is 10.1. The fraction of sp³-hybridized carbons (Fsp3) is 0.211. The molecule has 3 aromatic rings. The average Bonchev–Trinajstić information content (AvgIpc) is 3.06. The fourth-order valence-electron chi connectivity index (χ4n) is 2.95. The van der Waals surface area contributed by atoms with E-state index in [9.17, 15) is 8.42 Å². The minimum atomic E-state index is -3.49. The van der Waals surface area contributed by atoms with Crippen molar-refractivity contribution in [1.29, 1.82) is 0 Å². The van der Waals surface area contributed by atoms with Gasteiger partial charge in [0.1, 0.15) is 5.01 Å². The van der Waals surface area contributed by atoms with Crippen LogP contribution in [0.3, 0.4) is 0 Å². The normalized spacial score (nSPS) is 15.0. The number of nitrogens with zero attached hydrogens (tertiary/aromatic N) is 2. The Labute approximate surface area is 165 Å². The molecule has 0 saturated carbocycles. The smallest absolute Gasteiger partial charge is 0.241 e. The van der Waals surface area contributed by atoms with Gasteiger partial charge in [-0.1, -0.05) is 45.8 Å². The third-order valence-corrected chi connectivity index (χ3v) is 7.97. The first kappa shape index (κ1) is 17.9. The molecule has 2 aromatic carbocycles. The quantitative estimate of drug-likeness (QED) is 0.586. The summed E-state index contributed by atoms with van der Waals surface area (Å²) in [6, 6.07) is 15.1. The van der Waals surface area contributed by atoms with Crippen molar-refractivity contribution in [1.82, 2.24) is 9.29 Å². The summed E-state index contributed by atoms with van der Waals surface area (Å²) < 4.78 is 28.2. The number of rotatable bonds is 3. The molecule has 7 heteroatoms. The number of thiazole rings is 1. The first-order chi connectivity index (χ1) is 12.4. The van der Waals surface area contributed by atoms with E-state index in [-0.39, 0.29) is 0 Å². The molecule has 0 atom stereocenters. The van der Waals surface area contributed by atoms with Gasteiger partial charge in [0, 0.05) is 27.9 Å². The van der Waals surface area contributed by atoms with Crippen molar-refractivity contribution in [2.75, 3.05) is 6.54 Å². The molecule has 1 aliphatic heterocycles. The summed E-state index contributed by atoms with van der Waals surface area (Å²) in [5.41, 5.74) is 3.31. The number of aryl methyl sites for hydroxylation is 1. The van der Waals surface area contributed by atoms with Crippen molar-refractivity contribution in [3.63, 3.8) is 0 Å². The monoisotopic (exact) mass is 448 g/mol. The summed E-state index contributed by atoms with van der Waals surface area (Å²) in [5, 5.41) is 0.956. The maximum absolute atomic E-state index is 12.9. The molecule has 26 heavy (non-hydrogen) atoms. The van der Waals surface area contributed by atoms with Gasteiger partial charge in [0.25, 0.3) is 0 Å². The first-order valence-electron chi connectivity index (χ1n) is 8.25. The highest BCUT2D eigenvalue weighted by molar-refractivity contribution is 9.10. The highest BCUT2D eigenvalue weighted by Gasteiger charge is 2.30. The minimum Gasteiger partial charge on any atom is -0.241 e. The number of benzene rings is 2. The lowest BCUT2D eigenvalue weighted by Gasteiger charge is -2.25. The van der Waals surface area contributed by atoms with Crippen LogP contribution >= 0.6 is 27.3 Å². The Hall–Kier alpha value is -1.54. The maximum Gasteiger partial charge on any atom is 0.243 e. The predicted molar refractivity (Wildman–Crippen MR) is 108 cm³/mol. The van der Waals surface area contributed by atoms with Gasteiger partial charge in [0.05, 0.1) is 17.1 Å². The second-order valence-corrected chi connectivity index (χ2v) is 10.2. The molecule has 1 aliphatic rings. The molecular weight excluding hydrogens is 432 g/mol. The van der Waals surface area contributed by atoms with E-state index in [1.165, 1.54) is 5.56 Å². The zero-order valence-electron chi connectivity index (χ0n) is 14.1. The van der Waals surface area contributed by atoms with Crippen LogP contribution in [0.2, 0.25) is 0 Å². The Morgan fingerprint density at radius 1 is 1.08 bits per heavy atom. The topological polar surface area (TPSA) is 50.3 Å². The molecule has 0 spiro atoms. The van der Waals surface area contributed by atoms with Gasteiger partial charge >= 0.3 is 0 Å². The number of hydrogen-bond donors (Lipinski definition) is 0. The lowest BCUT2D eigenvalue weighted by molar-refractivity contribution is 0.393. The van der Waals surface area contributed by atoms with E-state index >= 15 is 0 Å². The van der Waals surface area contributed by atoms with Gasteiger partial charge in [-0.3, -0.25) is 0 Å². The van der Waals surface area contributed by atoms with Crippen molar-refractivity contribution in [2.24, 2.45) is 0 Å². The molecule has 134 valence electrons. The molecule has 0 radical (unpaired) electrons. The van der Waals surface area contributed by atoms with Crippen LogP contribution in [-0.4, -0.2) is 24.3 Å². The summed E-state index contributed by atoms with van der Waals surface area (Å²) >= 11 is 4.93. The van der Waals surface area contributed by atoms with Crippen LogP contribution in [0.25, 0.3) is 10.6 Å². The van der Waals surface area contributed by atoms with Gasteiger partial charge in [0.15, 0.2) is 0 Å². The summed E-state index contributed by atoms with van der Waals surface area (Å²) in [7, 11) is -3.49. The van der Waals surface area contributed by atoms with Gasteiger partial charge < -0.3 is 0 Å². The second-order valence-electron chi connectivity index (χ2n) is 6.30. The van der Waals surface area contributed by atoms with E-state index in [0.29, 0.717) is 24.4 Å². The zero-order valence-corrected chi connectivity index (χ0v) is 17.4. The molecule has 0 fully saturated rings. The van der Waals surface area contributed by atoms with E-state index in [4.69, 9.17) is 4.98 Å². The second kappa shape index (κ2) is 6.88. The fourth-order valence-corrected chi connectivity index (χ4v) is 5.84. The highest BCUT2D eigenvalue weighted by atomic mass is 79.9. The average molecular weight is 449 g/mol. The molecule has 1 aromatic heterocycles. The van der Waals surface area contributed by atoms with Crippen LogP contribution < -0.4 is 0 Å². The maximum atomic E-state index is 12.9. The van der Waals surface area contributed by atoms with Gasteiger partial charge in [-0.25, -0.2) is 13.4 Å². The van der Waals surface area contributed by atoms with Gasteiger partial charge in [0.2, 0.25) is 10.0 Å². The van der Waals surface area contributed by atoms with Gasteiger partial charge in [-0.2, -0.15) is 4.31 Å². The van der Waals surface area contributed by atoms with Crippen LogP contribution in [0, 0.1) is 6.92 Å². The van der Waals surface area contributed by atoms with Crippen molar-refractivity contribution in [2.45, 2.75) is 24.8 Å². The van der Waals surface area contributed by atoms with E-state index in [1.54, 1.807) is 39.9 Å². The standard InChI is InChI=1S/C19H17BrN2O2S2/c1-13-2-4-14(5-3-13)19-21-17-10-11-22(12-18(17)25-19)26(23,24)16-8-6-15(20)7-9-16/h2-9H,10-12H2,1H3. The van der Waals surface area contributed by atoms with Crippen molar-refractivity contribution in [3.05, 3.63) is 69.1 Å². The minimum absolute atomic E-state index is 0.326. The molecule has 0 aliphatic carbocycles. The highest BCUT2D eigenvalue weighted by Crippen LogP contribution is 2.33. The molecular formula is C19H17BrN2O2S2. The molecule has 0 N–H and O–H groups in total. The number of sulfonamides is 1. The molecule has 0 bridgehead atoms. The number of fused-ring (bicyclic) bond motifs is 1. The Morgan fingerprint density at radius 3 is 2.46 bits per heavy atom. The summed E-state index contributed by atoms with van der Waals surface area (Å²) in [6.45, 7) is 2.90. The third-order valence-electron chi connectivity index (χ3n) is 4.45. The summed E-state index contributed by atoms with van der Waals surface area (Å²) in [4.78, 5) is 6.10. The molecule has 0 amide bonds. The zero-order chi connectivity index (χ0) is 18.3. The SMILES string of the molecule is Cc1ccc(-c2nc3c(s2)CN(S(=O)(=O)c2ccc(Br)cc2)CC3)cc1. The van der Waals surface area contributed by atoms with Crippen LogP contribution in [0.5, 0.6) is 0 Å². The number of aromatic nitrogens is 1. The van der Waals surface area contributed by atoms with E-state index < -0.39 is 10.0 Å².